The molecule has 18 heavy (non-hydrogen) atoms. The fraction of sp³-hybridized carbons (Fsp3) is 0.600. The summed E-state index contributed by atoms with van der Waals surface area (Å²) in [5.74, 6) is 0.923. The fourth-order valence-electron chi connectivity index (χ4n) is 1.66. The fourth-order valence-corrected chi connectivity index (χ4v) is 2.04. The van der Waals surface area contributed by atoms with Crippen molar-refractivity contribution in [2.45, 2.75) is 52.2 Å². The molecule has 2 nitrogen and oxygen atoms in total. The lowest BCUT2D eigenvalue weighted by molar-refractivity contribution is 0.174. The average Bonchev–Trinajstić information content (AvgIpc) is 2.28. The normalized spacial score (nSPS) is 13.4. The largest absolute Gasteiger partial charge is 0.488 e. The number of rotatable bonds is 6. The molecule has 1 N–H and O–H groups in total. The van der Waals surface area contributed by atoms with Gasteiger partial charge in [0.25, 0.3) is 0 Å². The maximum atomic E-state index is 6.07. The molecule has 0 spiro atoms. The highest BCUT2D eigenvalue weighted by molar-refractivity contribution is 9.10. The zero-order valence-electron chi connectivity index (χ0n) is 11.8. The number of halogens is 1. The highest BCUT2D eigenvalue weighted by atomic mass is 79.9. The van der Waals surface area contributed by atoms with Crippen molar-refractivity contribution in [1.82, 2.24) is 5.32 Å². The van der Waals surface area contributed by atoms with E-state index in [1.165, 1.54) is 0 Å². The van der Waals surface area contributed by atoms with Gasteiger partial charge in [-0.1, -0.05) is 25.5 Å². The Balaban J connectivity index is 2.60. The van der Waals surface area contributed by atoms with Gasteiger partial charge >= 0.3 is 0 Å². The molecule has 0 aromatic heterocycles. The summed E-state index contributed by atoms with van der Waals surface area (Å²) in [6.45, 7) is 9.59. The first-order chi connectivity index (χ1) is 8.42. The van der Waals surface area contributed by atoms with Gasteiger partial charge in [0.2, 0.25) is 0 Å². The molecule has 0 aliphatic heterocycles. The summed E-state index contributed by atoms with van der Waals surface area (Å²) in [5.41, 5.74) is 0.128. The van der Waals surface area contributed by atoms with Crippen molar-refractivity contribution >= 4 is 15.9 Å². The Bertz CT molecular complexity index is 360. The Hall–Kier alpha value is -0.540. The first-order valence-electron chi connectivity index (χ1n) is 6.58. The first-order valence-corrected chi connectivity index (χ1v) is 7.38. The molecule has 0 saturated heterocycles. The second kappa shape index (κ2) is 7.15. The van der Waals surface area contributed by atoms with Crippen LogP contribution < -0.4 is 10.1 Å². The van der Waals surface area contributed by atoms with Crippen LogP contribution in [-0.2, 0) is 0 Å². The molecule has 1 aromatic carbocycles. The van der Waals surface area contributed by atoms with Crippen LogP contribution in [0.15, 0.2) is 28.7 Å². The number of ether oxygens (including phenoxy) is 1. The summed E-state index contributed by atoms with van der Waals surface area (Å²) in [7, 11) is 0. The number of para-hydroxylation sites is 1. The van der Waals surface area contributed by atoms with Crippen LogP contribution in [0.3, 0.4) is 0 Å². The monoisotopic (exact) mass is 313 g/mol. The third-order valence-electron chi connectivity index (χ3n) is 2.60. The van der Waals surface area contributed by atoms with Gasteiger partial charge in [0.1, 0.15) is 11.9 Å². The Morgan fingerprint density at radius 2 is 1.94 bits per heavy atom. The van der Waals surface area contributed by atoms with E-state index in [2.05, 4.69) is 48.9 Å². The number of hydrogen-bond donors (Lipinski definition) is 1. The van der Waals surface area contributed by atoms with E-state index in [9.17, 15) is 0 Å². The van der Waals surface area contributed by atoms with Crippen molar-refractivity contribution in [2.75, 3.05) is 6.54 Å². The summed E-state index contributed by atoms with van der Waals surface area (Å²) in [6, 6.07) is 8.01. The summed E-state index contributed by atoms with van der Waals surface area (Å²) < 4.78 is 7.09. The standard InChI is InChI=1S/C15H24BrNO/c1-5-8-12(11-17-15(2,3)4)18-14-10-7-6-9-13(14)16/h6-7,9-10,12,17H,5,8,11H2,1-4H3. The molecular formula is C15H24BrNO. The third kappa shape index (κ3) is 5.87. The van der Waals surface area contributed by atoms with Crippen LogP contribution in [0.1, 0.15) is 40.5 Å². The van der Waals surface area contributed by atoms with E-state index in [4.69, 9.17) is 4.74 Å². The van der Waals surface area contributed by atoms with Gasteiger partial charge in [0.15, 0.2) is 0 Å². The van der Waals surface area contributed by atoms with E-state index in [0.717, 1.165) is 29.6 Å². The SMILES string of the molecule is CCCC(CNC(C)(C)C)Oc1ccccc1Br. The van der Waals surface area contributed by atoms with Crippen LogP contribution >= 0.6 is 15.9 Å². The van der Waals surface area contributed by atoms with Crippen molar-refractivity contribution < 1.29 is 4.74 Å². The Labute approximate surface area is 119 Å². The van der Waals surface area contributed by atoms with Crippen LogP contribution in [-0.4, -0.2) is 18.2 Å². The highest BCUT2D eigenvalue weighted by Crippen LogP contribution is 2.25. The molecule has 1 atom stereocenters. The Morgan fingerprint density at radius 1 is 1.28 bits per heavy atom. The topological polar surface area (TPSA) is 21.3 Å². The van der Waals surface area contributed by atoms with Crippen LogP contribution in [0.2, 0.25) is 0 Å². The van der Waals surface area contributed by atoms with Gasteiger partial charge < -0.3 is 10.1 Å². The molecule has 0 bridgehead atoms. The molecule has 0 amide bonds. The van der Waals surface area contributed by atoms with Crippen molar-refractivity contribution in [1.29, 1.82) is 0 Å². The van der Waals surface area contributed by atoms with Gasteiger partial charge in [0.05, 0.1) is 4.47 Å². The van der Waals surface area contributed by atoms with Crippen LogP contribution in [0.5, 0.6) is 5.75 Å². The van der Waals surface area contributed by atoms with E-state index < -0.39 is 0 Å². The lowest BCUT2D eigenvalue weighted by atomic mass is 10.1. The lowest BCUT2D eigenvalue weighted by Crippen LogP contribution is -2.42. The first kappa shape index (κ1) is 15.5. The van der Waals surface area contributed by atoms with Crippen molar-refractivity contribution in [3.63, 3.8) is 0 Å². The molecular weight excluding hydrogens is 290 g/mol. The maximum Gasteiger partial charge on any atom is 0.133 e. The van der Waals surface area contributed by atoms with E-state index in [1.807, 2.05) is 24.3 Å². The molecule has 3 heteroatoms. The van der Waals surface area contributed by atoms with Crippen LogP contribution in [0, 0.1) is 0 Å². The summed E-state index contributed by atoms with van der Waals surface area (Å²) in [4.78, 5) is 0. The van der Waals surface area contributed by atoms with Gasteiger partial charge in [-0.05, 0) is 55.3 Å². The molecule has 1 aromatic rings. The molecule has 0 heterocycles. The molecule has 102 valence electrons. The molecule has 1 unspecified atom stereocenters. The predicted octanol–water partition coefficient (Wildman–Crippen LogP) is 4.38. The zero-order chi connectivity index (χ0) is 13.6. The lowest BCUT2D eigenvalue weighted by Gasteiger charge is -2.26. The zero-order valence-corrected chi connectivity index (χ0v) is 13.4. The summed E-state index contributed by atoms with van der Waals surface area (Å²) in [5, 5.41) is 3.51. The minimum Gasteiger partial charge on any atom is -0.488 e. The van der Waals surface area contributed by atoms with Gasteiger partial charge in [-0.25, -0.2) is 0 Å². The van der Waals surface area contributed by atoms with Crippen molar-refractivity contribution in [2.24, 2.45) is 0 Å². The van der Waals surface area contributed by atoms with Crippen LogP contribution in [0.4, 0.5) is 0 Å². The Morgan fingerprint density at radius 3 is 2.50 bits per heavy atom. The number of benzene rings is 1. The number of nitrogens with one attached hydrogen (secondary N) is 1. The van der Waals surface area contributed by atoms with Gasteiger partial charge in [-0.15, -0.1) is 0 Å². The van der Waals surface area contributed by atoms with Crippen molar-refractivity contribution in [3.8, 4) is 5.75 Å². The molecule has 0 saturated carbocycles. The van der Waals surface area contributed by atoms with Gasteiger partial charge in [-0.2, -0.15) is 0 Å². The maximum absolute atomic E-state index is 6.07. The molecule has 1 rings (SSSR count). The molecule has 0 radical (unpaired) electrons. The average molecular weight is 314 g/mol. The molecule has 0 fully saturated rings. The summed E-state index contributed by atoms with van der Waals surface area (Å²) in [6.07, 6.45) is 2.40. The minimum absolute atomic E-state index is 0.128. The Kier molecular flexibility index (Phi) is 6.16. The second-order valence-electron chi connectivity index (χ2n) is 5.59. The van der Waals surface area contributed by atoms with E-state index in [0.29, 0.717) is 0 Å². The molecule has 0 aliphatic carbocycles. The van der Waals surface area contributed by atoms with E-state index >= 15 is 0 Å². The smallest absolute Gasteiger partial charge is 0.133 e. The number of hydrogen-bond acceptors (Lipinski definition) is 2. The van der Waals surface area contributed by atoms with E-state index in [1.54, 1.807) is 0 Å². The third-order valence-corrected chi connectivity index (χ3v) is 3.26. The minimum atomic E-state index is 0.128. The summed E-state index contributed by atoms with van der Waals surface area (Å²) >= 11 is 3.52. The van der Waals surface area contributed by atoms with E-state index in [-0.39, 0.29) is 11.6 Å². The predicted molar refractivity (Wildman–Crippen MR) is 81.2 cm³/mol. The van der Waals surface area contributed by atoms with Gasteiger partial charge in [-0.3, -0.25) is 0 Å². The van der Waals surface area contributed by atoms with Crippen LogP contribution in [0.25, 0.3) is 0 Å². The highest BCUT2D eigenvalue weighted by Gasteiger charge is 2.15. The van der Waals surface area contributed by atoms with Crippen molar-refractivity contribution in [3.05, 3.63) is 28.7 Å². The van der Waals surface area contributed by atoms with Gasteiger partial charge in [0, 0.05) is 12.1 Å². The second-order valence-corrected chi connectivity index (χ2v) is 6.44. The quantitative estimate of drug-likeness (QED) is 0.841. The molecule has 0 aliphatic rings.